The summed E-state index contributed by atoms with van der Waals surface area (Å²) in [7, 11) is 4.17. The van der Waals surface area contributed by atoms with E-state index < -0.39 is 0 Å². The van der Waals surface area contributed by atoms with Gasteiger partial charge >= 0.3 is 0 Å². The molecule has 1 aromatic rings. The third-order valence-corrected chi connectivity index (χ3v) is 8.99. The number of Topliss-reactive ketones (excluding diaryl/α,β-unsaturated/α-hetero) is 1. The average Bonchev–Trinajstić information content (AvgIpc) is 3.01. The van der Waals surface area contributed by atoms with Crippen LogP contribution in [-0.4, -0.2) is 31.1 Å². The Balaban J connectivity index is 1.58. The summed E-state index contributed by atoms with van der Waals surface area (Å²) in [5.41, 5.74) is 5.80. The number of ketones is 1. The molecular formula is C26H35NO2. The van der Waals surface area contributed by atoms with E-state index >= 15 is 0 Å². The highest BCUT2D eigenvalue weighted by atomic mass is 16.3. The SMILES string of the molecule is CN(C)c1ccc([C@H]2C[C@]3(C)[C@@H](O)CC[C@H]3[C@@H]3CCC4=C(CCC(=O)C4)[C@H]32)cc1. The number of hydrogen-bond donors (Lipinski definition) is 1. The van der Waals surface area contributed by atoms with Crippen LogP contribution in [-0.2, 0) is 4.79 Å². The molecule has 0 heterocycles. The van der Waals surface area contributed by atoms with Crippen molar-refractivity contribution in [1.29, 1.82) is 0 Å². The molecule has 0 bridgehead atoms. The number of fused-ring (bicyclic) bond motifs is 4. The van der Waals surface area contributed by atoms with Crippen molar-refractivity contribution in [2.45, 2.75) is 70.3 Å². The molecule has 1 aromatic carbocycles. The normalized spacial score (nSPS) is 39.0. The minimum absolute atomic E-state index is 0.0363. The molecule has 5 rings (SSSR count). The fourth-order valence-corrected chi connectivity index (χ4v) is 7.49. The summed E-state index contributed by atoms with van der Waals surface area (Å²) in [6.45, 7) is 2.36. The highest BCUT2D eigenvalue weighted by Crippen LogP contribution is 2.64. The smallest absolute Gasteiger partial charge is 0.137 e. The molecule has 4 aliphatic rings. The van der Waals surface area contributed by atoms with E-state index in [9.17, 15) is 9.90 Å². The number of allylic oxidation sites excluding steroid dienone is 2. The topological polar surface area (TPSA) is 40.5 Å². The molecule has 0 amide bonds. The van der Waals surface area contributed by atoms with Crippen LogP contribution in [0.5, 0.6) is 0 Å². The fourth-order valence-electron chi connectivity index (χ4n) is 7.49. The van der Waals surface area contributed by atoms with Crippen molar-refractivity contribution in [3.05, 3.63) is 41.0 Å². The van der Waals surface area contributed by atoms with E-state index in [-0.39, 0.29) is 11.5 Å². The number of aliphatic hydroxyl groups excluding tert-OH is 1. The van der Waals surface area contributed by atoms with Gasteiger partial charge in [0.25, 0.3) is 0 Å². The monoisotopic (exact) mass is 393 g/mol. The second kappa shape index (κ2) is 6.97. The molecular weight excluding hydrogens is 358 g/mol. The third-order valence-electron chi connectivity index (χ3n) is 8.99. The van der Waals surface area contributed by atoms with Gasteiger partial charge in [0.1, 0.15) is 5.78 Å². The van der Waals surface area contributed by atoms with Gasteiger partial charge < -0.3 is 10.0 Å². The number of carbonyl (C=O) groups excluding carboxylic acids is 1. The van der Waals surface area contributed by atoms with Crippen molar-refractivity contribution < 1.29 is 9.90 Å². The predicted octanol–water partition coefficient (Wildman–Crippen LogP) is 5.09. The van der Waals surface area contributed by atoms with E-state index in [1.54, 1.807) is 5.57 Å². The molecule has 0 radical (unpaired) electrons. The Kier molecular flexibility index (Phi) is 4.66. The first-order valence-corrected chi connectivity index (χ1v) is 11.6. The van der Waals surface area contributed by atoms with Gasteiger partial charge in [-0.3, -0.25) is 4.79 Å². The first kappa shape index (κ1) is 19.4. The number of carbonyl (C=O) groups is 1. The Bertz CT molecular complexity index is 839. The molecule has 6 atom stereocenters. The Labute approximate surface area is 175 Å². The van der Waals surface area contributed by atoms with Gasteiger partial charge in [0.2, 0.25) is 0 Å². The van der Waals surface area contributed by atoms with Crippen molar-refractivity contribution in [3.63, 3.8) is 0 Å². The molecule has 0 saturated heterocycles. The molecule has 29 heavy (non-hydrogen) atoms. The fraction of sp³-hybridized carbons (Fsp3) is 0.654. The van der Waals surface area contributed by atoms with E-state index in [0.717, 1.165) is 32.1 Å². The minimum Gasteiger partial charge on any atom is -0.393 e. The van der Waals surface area contributed by atoms with E-state index in [1.807, 2.05) is 0 Å². The standard InChI is InChI=1S/C26H35NO2/c1-26-15-22(16-4-7-18(8-5-16)27(2)3)25-20-11-9-19(28)14-17(20)6-10-21(25)23(26)12-13-24(26)29/h4-5,7-8,21-25,29H,6,9-15H2,1-3H3/t21-,22+,23-,24-,25+,26-/m0/s1. The summed E-state index contributed by atoms with van der Waals surface area (Å²) in [5.74, 6) is 2.76. The summed E-state index contributed by atoms with van der Waals surface area (Å²) in [5, 5.41) is 11.0. The van der Waals surface area contributed by atoms with Crippen molar-refractivity contribution in [1.82, 2.24) is 0 Å². The number of aliphatic hydroxyl groups is 1. The van der Waals surface area contributed by atoms with Crippen LogP contribution in [0.1, 0.15) is 69.8 Å². The van der Waals surface area contributed by atoms with Crippen molar-refractivity contribution in [3.8, 4) is 0 Å². The molecule has 0 aromatic heterocycles. The Morgan fingerprint density at radius 1 is 1.03 bits per heavy atom. The van der Waals surface area contributed by atoms with Crippen LogP contribution in [0.4, 0.5) is 5.69 Å². The molecule has 2 saturated carbocycles. The van der Waals surface area contributed by atoms with Gasteiger partial charge in [-0.1, -0.05) is 30.2 Å². The van der Waals surface area contributed by atoms with Gasteiger partial charge in [0.05, 0.1) is 6.10 Å². The largest absolute Gasteiger partial charge is 0.393 e. The van der Waals surface area contributed by atoms with Crippen LogP contribution in [0.3, 0.4) is 0 Å². The third kappa shape index (κ3) is 3.00. The number of anilines is 1. The second-order valence-electron chi connectivity index (χ2n) is 10.6. The van der Waals surface area contributed by atoms with Gasteiger partial charge in [-0.2, -0.15) is 0 Å². The van der Waals surface area contributed by atoms with Crippen molar-refractivity contribution in [2.75, 3.05) is 19.0 Å². The van der Waals surface area contributed by atoms with E-state index in [4.69, 9.17) is 0 Å². The molecule has 3 heteroatoms. The molecule has 0 spiro atoms. The maximum Gasteiger partial charge on any atom is 0.137 e. The lowest BCUT2D eigenvalue weighted by atomic mass is 9.50. The Hall–Kier alpha value is -1.61. The highest BCUT2D eigenvalue weighted by Gasteiger charge is 2.58. The zero-order chi connectivity index (χ0) is 20.3. The summed E-state index contributed by atoms with van der Waals surface area (Å²) in [4.78, 5) is 14.3. The lowest BCUT2D eigenvalue weighted by Crippen LogP contribution is -2.48. The second-order valence-corrected chi connectivity index (χ2v) is 10.6. The van der Waals surface area contributed by atoms with Crippen molar-refractivity contribution >= 4 is 11.5 Å². The summed E-state index contributed by atoms with van der Waals surface area (Å²) in [6, 6.07) is 9.13. The van der Waals surface area contributed by atoms with Crippen LogP contribution < -0.4 is 4.90 Å². The van der Waals surface area contributed by atoms with Crippen LogP contribution >= 0.6 is 0 Å². The molecule has 1 N–H and O–H groups in total. The van der Waals surface area contributed by atoms with Gasteiger partial charge in [0, 0.05) is 32.6 Å². The van der Waals surface area contributed by atoms with Gasteiger partial charge in [-0.15, -0.1) is 0 Å². The average molecular weight is 394 g/mol. The zero-order valence-electron chi connectivity index (χ0n) is 18.2. The number of hydrogen-bond acceptors (Lipinski definition) is 3. The summed E-state index contributed by atoms with van der Waals surface area (Å²) in [6.07, 6.45) is 7.77. The molecule has 0 unspecified atom stereocenters. The van der Waals surface area contributed by atoms with Crippen molar-refractivity contribution in [2.24, 2.45) is 23.2 Å². The van der Waals surface area contributed by atoms with Gasteiger partial charge in [-0.25, -0.2) is 0 Å². The number of nitrogens with zero attached hydrogens (tertiary/aromatic N) is 1. The molecule has 3 nitrogen and oxygen atoms in total. The van der Waals surface area contributed by atoms with Crippen LogP contribution in [0.25, 0.3) is 0 Å². The quantitative estimate of drug-likeness (QED) is 0.711. The Morgan fingerprint density at radius 3 is 2.52 bits per heavy atom. The highest BCUT2D eigenvalue weighted by molar-refractivity contribution is 5.82. The molecule has 4 aliphatic carbocycles. The number of benzene rings is 1. The van der Waals surface area contributed by atoms with E-state index in [2.05, 4.69) is 50.2 Å². The zero-order valence-corrected chi connectivity index (χ0v) is 18.2. The lowest BCUT2D eigenvalue weighted by Gasteiger charge is -2.55. The molecule has 0 aliphatic heterocycles. The van der Waals surface area contributed by atoms with Gasteiger partial charge in [-0.05, 0) is 85.3 Å². The van der Waals surface area contributed by atoms with Crippen LogP contribution in [0, 0.1) is 23.2 Å². The van der Waals surface area contributed by atoms with E-state index in [0.29, 0.717) is 35.9 Å². The molecule has 2 fully saturated rings. The first-order valence-electron chi connectivity index (χ1n) is 11.6. The summed E-state index contributed by atoms with van der Waals surface area (Å²) < 4.78 is 0. The Morgan fingerprint density at radius 2 is 1.79 bits per heavy atom. The van der Waals surface area contributed by atoms with Crippen LogP contribution in [0.15, 0.2) is 35.4 Å². The maximum atomic E-state index is 12.1. The first-order chi connectivity index (χ1) is 13.9. The summed E-state index contributed by atoms with van der Waals surface area (Å²) >= 11 is 0. The van der Waals surface area contributed by atoms with E-state index in [1.165, 1.54) is 29.7 Å². The predicted molar refractivity (Wildman–Crippen MR) is 117 cm³/mol. The molecule has 156 valence electrons. The lowest BCUT2D eigenvalue weighted by molar-refractivity contribution is -0.119. The maximum absolute atomic E-state index is 12.1. The van der Waals surface area contributed by atoms with Crippen LogP contribution in [0.2, 0.25) is 0 Å². The number of rotatable bonds is 2. The van der Waals surface area contributed by atoms with Gasteiger partial charge in [0.15, 0.2) is 0 Å². The minimum atomic E-state index is -0.166.